The molecular formula is C10H12O2. The van der Waals surface area contributed by atoms with Gasteiger partial charge in [0.2, 0.25) is 0 Å². The molecule has 64 valence electrons. The highest BCUT2D eigenvalue weighted by molar-refractivity contribution is 5.18. The quantitative estimate of drug-likeness (QED) is 0.686. The molecule has 0 aromatic heterocycles. The van der Waals surface area contributed by atoms with Crippen LogP contribution in [0.15, 0.2) is 30.3 Å². The summed E-state index contributed by atoms with van der Waals surface area (Å²) in [6.45, 7) is 0. The summed E-state index contributed by atoms with van der Waals surface area (Å²) in [6.07, 6.45) is 1.21. The Morgan fingerprint density at radius 1 is 1.17 bits per heavy atom. The molecule has 0 spiro atoms. The molecule has 1 N–H and O–H groups in total. The molecule has 12 heavy (non-hydrogen) atoms. The van der Waals surface area contributed by atoms with Crippen LogP contribution in [-0.4, -0.2) is 11.4 Å². The van der Waals surface area contributed by atoms with E-state index in [1.54, 1.807) is 0 Å². The summed E-state index contributed by atoms with van der Waals surface area (Å²) in [6, 6.07) is 10.0. The van der Waals surface area contributed by atoms with Crippen LogP contribution in [0.5, 0.6) is 0 Å². The Morgan fingerprint density at radius 3 is 2.50 bits per heavy atom. The molecule has 2 rings (SSSR count). The lowest BCUT2D eigenvalue weighted by molar-refractivity contribution is -0.0913. The van der Waals surface area contributed by atoms with Crippen LogP contribution in [0.2, 0.25) is 0 Å². The number of hydrogen-bond donors (Lipinski definition) is 1. The fourth-order valence-corrected chi connectivity index (χ4v) is 1.53. The van der Waals surface area contributed by atoms with Gasteiger partial charge in [0.05, 0.1) is 6.10 Å². The van der Waals surface area contributed by atoms with Gasteiger partial charge in [-0.1, -0.05) is 30.3 Å². The SMILES string of the molecule is O[C@H]1CC[C@H](c2ccccc2)O1. The minimum atomic E-state index is -0.560. The fraction of sp³-hybridized carbons (Fsp3) is 0.400. The highest BCUT2D eigenvalue weighted by Gasteiger charge is 2.23. The van der Waals surface area contributed by atoms with E-state index < -0.39 is 6.29 Å². The van der Waals surface area contributed by atoms with E-state index in [0.717, 1.165) is 18.4 Å². The van der Waals surface area contributed by atoms with Gasteiger partial charge in [-0.05, 0) is 12.0 Å². The Bertz CT molecular complexity index is 245. The Morgan fingerprint density at radius 2 is 1.92 bits per heavy atom. The third-order valence-corrected chi connectivity index (χ3v) is 2.17. The van der Waals surface area contributed by atoms with E-state index in [0.29, 0.717) is 0 Å². The summed E-state index contributed by atoms with van der Waals surface area (Å²) in [5.41, 5.74) is 1.16. The zero-order valence-electron chi connectivity index (χ0n) is 6.81. The maximum absolute atomic E-state index is 9.14. The van der Waals surface area contributed by atoms with Crippen LogP contribution >= 0.6 is 0 Å². The molecule has 2 atom stereocenters. The van der Waals surface area contributed by atoms with Crippen LogP contribution in [0.1, 0.15) is 24.5 Å². The monoisotopic (exact) mass is 164 g/mol. The van der Waals surface area contributed by atoms with Crippen molar-refractivity contribution in [1.29, 1.82) is 0 Å². The Kier molecular flexibility index (Phi) is 2.11. The molecule has 2 heteroatoms. The first-order valence-electron chi connectivity index (χ1n) is 4.25. The summed E-state index contributed by atoms with van der Waals surface area (Å²) in [7, 11) is 0. The summed E-state index contributed by atoms with van der Waals surface area (Å²) in [5.74, 6) is 0. The lowest BCUT2D eigenvalue weighted by Crippen LogP contribution is -2.03. The fourth-order valence-electron chi connectivity index (χ4n) is 1.53. The summed E-state index contributed by atoms with van der Waals surface area (Å²) in [5, 5.41) is 9.14. The molecule has 1 aromatic carbocycles. The lowest BCUT2D eigenvalue weighted by Gasteiger charge is -2.09. The van der Waals surface area contributed by atoms with Gasteiger partial charge in [-0.2, -0.15) is 0 Å². The maximum Gasteiger partial charge on any atom is 0.155 e. The molecule has 1 saturated heterocycles. The first kappa shape index (κ1) is 7.77. The second-order valence-electron chi connectivity index (χ2n) is 3.07. The van der Waals surface area contributed by atoms with Crippen molar-refractivity contribution in [2.75, 3.05) is 0 Å². The van der Waals surface area contributed by atoms with E-state index in [9.17, 15) is 0 Å². The smallest absolute Gasteiger partial charge is 0.155 e. The van der Waals surface area contributed by atoms with E-state index in [1.807, 2.05) is 30.3 Å². The van der Waals surface area contributed by atoms with E-state index in [1.165, 1.54) is 0 Å². The normalized spacial score (nSPS) is 29.1. The maximum atomic E-state index is 9.14. The van der Waals surface area contributed by atoms with Gasteiger partial charge < -0.3 is 9.84 Å². The molecule has 1 aromatic rings. The standard InChI is InChI=1S/C10H12O2/c11-10-7-6-9(12-10)8-4-2-1-3-5-8/h1-5,9-11H,6-7H2/t9-,10-/m1/s1. The largest absolute Gasteiger partial charge is 0.368 e. The average molecular weight is 164 g/mol. The molecule has 0 radical (unpaired) electrons. The van der Waals surface area contributed by atoms with Gasteiger partial charge in [0.1, 0.15) is 0 Å². The van der Waals surface area contributed by atoms with Gasteiger partial charge in [0.25, 0.3) is 0 Å². The highest BCUT2D eigenvalue weighted by atomic mass is 16.6. The van der Waals surface area contributed by atoms with Crippen molar-refractivity contribution in [2.24, 2.45) is 0 Å². The van der Waals surface area contributed by atoms with Crippen molar-refractivity contribution in [2.45, 2.75) is 25.2 Å². The number of benzene rings is 1. The molecule has 1 heterocycles. The molecule has 1 fully saturated rings. The minimum absolute atomic E-state index is 0.0983. The average Bonchev–Trinajstić information content (AvgIpc) is 2.54. The molecular weight excluding hydrogens is 152 g/mol. The minimum Gasteiger partial charge on any atom is -0.368 e. The van der Waals surface area contributed by atoms with Crippen LogP contribution in [0.3, 0.4) is 0 Å². The Labute approximate surface area is 71.8 Å². The van der Waals surface area contributed by atoms with Gasteiger partial charge >= 0.3 is 0 Å². The van der Waals surface area contributed by atoms with Gasteiger partial charge in [0, 0.05) is 6.42 Å². The molecule has 2 nitrogen and oxygen atoms in total. The molecule has 0 amide bonds. The van der Waals surface area contributed by atoms with E-state index in [-0.39, 0.29) is 6.10 Å². The summed E-state index contributed by atoms with van der Waals surface area (Å²) in [4.78, 5) is 0. The zero-order chi connectivity index (χ0) is 8.39. The van der Waals surface area contributed by atoms with Gasteiger partial charge in [-0.25, -0.2) is 0 Å². The topological polar surface area (TPSA) is 29.5 Å². The predicted molar refractivity (Wildman–Crippen MR) is 45.5 cm³/mol. The summed E-state index contributed by atoms with van der Waals surface area (Å²) >= 11 is 0. The van der Waals surface area contributed by atoms with Crippen LogP contribution in [0.25, 0.3) is 0 Å². The highest BCUT2D eigenvalue weighted by Crippen LogP contribution is 2.30. The zero-order valence-corrected chi connectivity index (χ0v) is 6.81. The lowest BCUT2D eigenvalue weighted by atomic mass is 10.1. The van der Waals surface area contributed by atoms with Crippen LogP contribution in [0.4, 0.5) is 0 Å². The predicted octanol–water partition coefficient (Wildman–Crippen LogP) is 1.86. The van der Waals surface area contributed by atoms with Crippen molar-refractivity contribution < 1.29 is 9.84 Å². The van der Waals surface area contributed by atoms with E-state index in [2.05, 4.69) is 0 Å². The second kappa shape index (κ2) is 3.25. The van der Waals surface area contributed by atoms with E-state index in [4.69, 9.17) is 9.84 Å². The van der Waals surface area contributed by atoms with Gasteiger partial charge in [0.15, 0.2) is 6.29 Å². The van der Waals surface area contributed by atoms with Crippen LogP contribution in [0, 0.1) is 0 Å². The third kappa shape index (κ3) is 1.49. The number of hydrogen-bond acceptors (Lipinski definition) is 2. The van der Waals surface area contributed by atoms with Crippen molar-refractivity contribution in [3.05, 3.63) is 35.9 Å². The van der Waals surface area contributed by atoms with Crippen molar-refractivity contribution in [1.82, 2.24) is 0 Å². The van der Waals surface area contributed by atoms with Crippen molar-refractivity contribution >= 4 is 0 Å². The summed E-state index contributed by atoms with van der Waals surface area (Å²) < 4.78 is 5.30. The number of aliphatic hydroxyl groups is 1. The Balaban J connectivity index is 2.11. The Hall–Kier alpha value is -0.860. The number of aliphatic hydroxyl groups excluding tert-OH is 1. The number of rotatable bonds is 1. The third-order valence-electron chi connectivity index (χ3n) is 2.17. The molecule has 0 aliphatic carbocycles. The first-order chi connectivity index (χ1) is 5.86. The van der Waals surface area contributed by atoms with Gasteiger partial charge in [-0.15, -0.1) is 0 Å². The molecule has 0 bridgehead atoms. The van der Waals surface area contributed by atoms with Crippen molar-refractivity contribution in [3.8, 4) is 0 Å². The van der Waals surface area contributed by atoms with Crippen molar-refractivity contribution in [3.63, 3.8) is 0 Å². The molecule has 1 aliphatic heterocycles. The first-order valence-corrected chi connectivity index (χ1v) is 4.25. The van der Waals surface area contributed by atoms with Gasteiger partial charge in [-0.3, -0.25) is 0 Å². The van der Waals surface area contributed by atoms with E-state index >= 15 is 0 Å². The number of ether oxygens (including phenoxy) is 1. The molecule has 1 aliphatic rings. The second-order valence-corrected chi connectivity index (χ2v) is 3.07. The van der Waals surface area contributed by atoms with Crippen LogP contribution in [-0.2, 0) is 4.74 Å². The molecule has 0 unspecified atom stereocenters. The molecule has 0 saturated carbocycles. The van der Waals surface area contributed by atoms with Crippen LogP contribution < -0.4 is 0 Å².